The predicted molar refractivity (Wildman–Crippen MR) is 35.9 cm³/mol. The third-order valence-electron chi connectivity index (χ3n) is 1.24. The summed E-state index contributed by atoms with van der Waals surface area (Å²) in [7, 11) is 3.19. The number of hydrogen-bond donors (Lipinski definition) is 0. The maximum absolute atomic E-state index is 4.92. The SMILES string of the molecule is CON1C=NCN(OC)C1. The highest BCUT2D eigenvalue weighted by molar-refractivity contribution is 5.53. The van der Waals surface area contributed by atoms with Crippen LogP contribution in [0.4, 0.5) is 0 Å². The summed E-state index contributed by atoms with van der Waals surface area (Å²) < 4.78 is 0. The van der Waals surface area contributed by atoms with E-state index in [2.05, 4.69) is 4.99 Å². The molecule has 0 N–H and O–H groups in total. The highest BCUT2D eigenvalue weighted by Crippen LogP contribution is 1.97. The minimum atomic E-state index is 0.566. The fourth-order valence-corrected chi connectivity index (χ4v) is 0.676. The molecule has 10 heavy (non-hydrogen) atoms. The fraction of sp³-hybridized carbons (Fsp3) is 0.800. The molecule has 5 heteroatoms. The zero-order chi connectivity index (χ0) is 7.40. The molecule has 1 aliphatic heterocycles. The van der Waals surface area contributed by atoms with E-state index in [9.17, 15) is 0 Å². The molecule has 0 atom stereocenters. The van der Waals surface area contributed by atoms with E-state index in [1.165, 1.54) is 0 Å². The predicted octanol–water partition coefficient (Wildman–Crippen LogP) is -0.330. The van der Waals surface area contributed by atoms with E-state index in [0.717, 1.165) is 0 Å². The first-order valence-electron chi connectivity index (χ1n) is 2.96. The van der Waals surface area contributed by atoms with Crippen molar-refractivity contribution in [3.8, 4) is 0 Å². The third-order valence-corrected chi connectivity index (χ3v) is 1.24. The second-order valence-corrected chi connectivity index (χ2v) is 1.84. The lowest BCUT2D eigenvalue weighted by molar-refractivity contribution is -0.208. The Balaban J connectivity index is 2.38. The van der Waals surface area contributed by atoms with Crippen LogP contribution in [0, 0.1) is 0 Å². The van der Waals surface area contributed by atoms with Gasteiger partial charge in [0.2, 0.25) is 0 Å². The molecule has 1 aliphatic rings. The van der Waals surface area contributed by atoms with E-state index >= 15 is 0 Å². The number of hydrogen-bond acceptors (Lipinski definition) is 5. The van der Waals surface area contributed by atoms with Gasteiger partial charge >= 0.3 is 0 Å². The zero-order valence-corrected chi connectivity index (χ0v) is 6.15. The molecule has 0 fully saturated rings. The van der Waals surface area contributed by atoms with Crippen molar-refractivity contribution in [2.24, 2.45) is 4.99 Å². The summed E-state index contributed by atoms with van der Waals surface area (Å²) in [6, 6.07) is 0. The van der Waals surface area contributed by atoms with Crippen molar-refractivity contribution in [2.45, 2.75) is 0 Å². The number of rotatable bonds is 2. The molecule has 0 aromatic carbocycles. The van der Waals surface area contributed by atoms with E-state index in [4.69, 9.17) is 9.68 Å². The lowest BCUT2D eigenvalue weighted by Gasteiger charge is -2.27. The minimum Gasteiger partial charge on any atom is -0.299 e. The summed E-state index contributed by atoms with van der Waals surface area (Å²) in [6.45, 7) is 1.16. The van der Waals surface area contributed by atoms with Gasteiger partial charge in [-0.2, -0.15) is 0 Å². The van der Waals surface area contributed by atoms with Crippen molar-refractivity contribution in [1.29, 1.82) is 0 Å². The normalized spacial score (nSPS) is 20.0. The molecule has 0 aliphatic carbocycles. The highest BCUT2D eigenvalue weighted by Gasteiger charge is 2.10. The summed E-state index contributed by atoms with van der Waals surface area (Å²) in [6.07, 6.45) is 1.63. The van der Waals surface area contributed by atoms with Crippen LogP contribution in [-0.2, 0) is 9.68 Å². The molecule has 0 saturated heterocycles. The second kappa shape index (κ2) is 3.50. The Morgan fingerprint density at radius 3 is 2.80 bits per heavy atom. The molecule has 0 bridgehead atoms. The van der Waals surface area contributed by atoms with Crippen LogP contribution in [0.15, 0.2) is 4.99 Å². The Kier molecular flexibility index (Phi) is 2.61. The molecule has 0 unspecified atom stereocenters. The van der Waals surface area contributed by atoms with Crippen molar-refractivity contribution in [3.05, 3.63) is 0 Å². The average molecular weight is 145 g/mol. The van der Waals surface area contributed by atoms with Gasteiger partial charge in [-0.1, -0.05) is 0 Å². The lowest BCUT2D eigenvalue weighted by Crippen LogP contribution is -2.39. The molecule has 0 radical (unpaired) electrons. The van der Waals surface area contributed by atoms with Crippen molar-refractivity contribution in [3.63, 3.8) is 0 Å². The third kappa shape index (κ3) is 1.66. The molecule has 0 aromatic heterocycles. The van der Waals surface area contributed by atoms with Crippen molar-refractivity contribution in [2.75, 3.05) is 27.6 Å². The van der Waals surface area contributed by atoms with Crippen LogP contribution < -0.4 is 0 Å². The average Bonchev–Trinajstić information content (AvgIpc) is 2.05. The molecular formula is C5H11N3O2. The minimum absolute atomic E-state index is 0.566. The van der Waals surface area contributed by atoms with Gasteiger partial charge in [-0.15, -0.1) is 5.06 Å². The Bertz CT molecular complexity index is 128. The van der Waals surface area contributed by atoms with Crippen LogP contribution in [0.3, 0.4) is 0 Å². The zero-order valence-electron chi connectivity index (χ0n) is 6.15. The summed E-state index contributed by atoms with van der Waals surface area (Å²) >= 11 is 0. The molecule has 1 heterocycles. The van der Waals surface area contributed by atoms with Crippen molar-refractivity contribution >= 4 is 6.34 Å². The van der Waals surface area contributed by atoms with E-state index in [1.807, 2.05) is 0 Å². The van der Waals surface area contributed by atoms with Gasteiger partial charge in [0, 0.05) is 0 Å². The van der Waals surface area contributed by atoms with Crippen LogP contribution in [0.5, 0.6) is 0 Å². The first-order valence-corrected chi connectivity index (χ1v) is 2.96. The van der Waals surface area contributed by atoms with Gasteiger partial charge in [0.05, 0.1) is 14.2 Å². The molecule has 1 rings (SSSR count). The summed E-state index contributed by atoms with van der Waals surface area (Å²) in [5.41, 5.74) is 0. The monoisotopic (exact) mass is 145 g/mol. The Labute approximate surface area is 59.7 Å². The van der Waals surface area contributed by atoms with Gasteiger partial charge in [0.1, 0.15) is 19.7 Å². The molecule has 58 valence electrons. The van der Waals surface area contributed by atoms with Crippen LogP contribution in [0.1, 0.15) is 0 Å². The number of nitrogens with zero attached hydrogens (tertiary/aromatic N) is 3. The highest BCUT2D eigenvalue weighted by atomic mass is 16.7. The molecule has 0 aromatic rings. The molecule has 5 nitrogen and oxygen atoms in total. The van der Waals surface area contributed by atoms with Gasteiger partial charge in [-0.25, -0.2) is 5.06 Å². The first-order chi connectivity index (χ1) is 4.86. The Morgan fingerprint density at radius 1 is 1.40 bits per heavy atom. The van der Waals surface area contributed by atoms with Crippen LogP contribution in [0.25, 0.3) is 0 Å². The second-order valence-electron chi connectivity index (χ2n) is 1.84. The maximum Gasteiger partial charge on any atom is 0.124 e. The van der Waals surface area contributed by atoms with Crippen molar-refractivity contribution in [1.82, 2.24) is 10.1 Å². The molecule has 0 saturated carbocycles. The van der Waals surface area contributed by atoms with Gasteiger partial charge in [-0.05, 0) is 0 Å². The first kappa shape index (κ1) is 7.46. The van der Waals surface area contributed by atoms with Crippen LogP contribution >= 0.6 is 0 Å². The molecular weight excluding hydrogens is 134 g/mol. The molecule has 0 spiro atoms. The molecule has 0 amide bonds. The van der Waals surface area contributed by atoms with Gasteiger partial charge < -0.3 is 0 Å². The van der Waals surface area contributed by atoms with E-state index < -0.39 is 0 Å². The topological polar surface area (TPSA) is 37.3 Å². The summed E-state index contributed by atoms with van der Waals surface area (Å²) in [5, 5.41) is 3.25. The van der Waals surface area contributed by atoms with Crippen LogP contribution in [0.2, 0.25) is 0 Å². The fourth-order valence-electron chi connectivity index (χ4n) is 0.676. The Morgan fingerprint density at radius 2 is 2.20 bits per heavy atom. The largest absolute Gasteiger partial charge is 0.299 e. The van der Waals surface area contributed by atoms with E-state index in [-0.39, 0.29) is 0 Å². The lowest BCUT2D eigenvalue weighted by atomic mass is 10.8. The van der Waals surface area contributed by atoms with Crippen molar-refractivity contribution < 1.29 is 9.68 Å². The summed E-state index contributed by atoms with van der Waals surface area (Å²) in [4.78, 5) is 13.8. The smallest absolute Gasteiger partial charge is 0.124 e. The van der Waals surface area contributed by atoms with Gasteiger partial charge in [0.15, 0.2) is 0 Å². The number of hydroxylamine groups is 4. The van der Waals surface area contributed by atoms with E-state index in [1.54, 1.807) is 30.7 Å². The van der Waals surface area contributed by atoms with E-state index in [0.29, 0.717) is 13.3 Å². The van der Waals surface area contributed by atoms with Gasteiger partial charge in [-0.3, -0.25) is 14.7 Å². The quantitative estimate of drug-likeness (QED) is 0.533. The Hall–Kier alpha value is -0.650. The standard InChI is InChI=1S/C5H11N3O2/c1-9-7-3-6-4-8(5-7)10-2/h3H,4-5H2,1-2H3. The number of aliphatic imine (C=N–C) groups is 1. The summed E-state index contributed by atoms with van der Waals surface area (Å²) in [5.74, 6) is 0. The van der Waals surface area contributed by atoms with Crippen LogP contribution in [-0.4, -0.2) is 44.0 Å². The van der Waals surface area contributed by atoms with Gasteiger partial charge in [0.25, 0.3) is 0 Å². The maximum atomic E-state index is 4.92.